The van der Waals surface area contributed by atoms with Crippen LogP contribution in [0.2, 0.25) is 0 Å². The highest BCUT2D eigenvalue weighted by atomic mass is 79.9. The Labute approximate surface area is 192 Å². The smallest absolute Gasteiger partial charge is 0.311 e. The molecule has 10 heteroatoms. The van der Waals surface area contributed by atoms with Crippen LogP contribution >= 0.6 is 15.9 Å². The van der Waals surface area contributed by atoms with E-state index in [1.165, 1.54) is 6.92 Å². The number of Topliss-reactive ketones (excluding diaryl/α,β-unsaturated/α-hetero) is 1. The predicted octanol–water partition coefficient (Wildman–Crippen LogP) is 2.33. The van der Waals surface area contributed by atoms with E-state index in [0.717, 1.165) is 9.48 Å². The molecule has 32 heavy (non-hydrogen) atoms. The van der Waals surface area contributed by atoms with Crippen molar-refractivity contribution in [1.82, 2.24) is 10.4 Å². The molecule has 3 rings (SSSR count). The molecule has 3 amide bonds. The summed E-state index contributed by atoms with van der Waals surface area (Å²) in [6.07, 6.45) is -0.131. The van der Waals surface area contributed by atoms with E-state index in [9.17, 15) is 24.0 Å². The van der Waals surface area contributed by atoms with Crippen LogP contribution in [0.5, 0.6) is 0 Å². The molecule has 1 atom stereocenters. The van der Waals surface area contributed by atoms with Crippen molar-refractivity contribution in [3.8, 4) is 0 Å². The van der Waals surface area contributed by atoms with Gasteiger partial charge < -0.3 is 10.1 Å². The lowest BCUT2D eigenvalue weighted by Gasteiger charge is -2.17. The van der Waals surface area contributed by atoms with Gasteiger partial charge in [-0.3, -0.25) is 34.4 Å². The lowest BCUT2D eigenvalue weighted by Crippen LogP contribution is -2.43. The van der Waals surface area contributed by atoms with Crippen molar-refractivity contribution in [3.63, 3.8) is 0 Å². The Bertz CT molecular complexity index is 1050. The Kier molecular flexibility index (Phi) is 7.37. The zero-order valence-corrected chi connectivity index (χ0v) is 18.7. The minimum Gasteiger partial charge on any atom is -0.455 e. The van der Waals surface area contributed by atoms with Gasteiger partial charge in [0.25, 0.3) is 11.8 Å². The zero-order valence-electron chi connectivity index (χ0n) is 17.1. The zero-order chi connectivity index (χ0) is 23.3. The van der Waals surface area contributed by atoms with E-state index >= 15 is 0 Å². The van der Waals surface area contributed by atoms with Crippen LogP contribution in [0.4, 0.5) is 5.69 Å². The van der Waals surface area contributed by atoms with Gasteiger partial charge >= 0.3 is 5.97 Å². The third kappa shape index (κ3) is 6.01. The molecular weight excluding hydrogens is 482 g/mol. The number of carbonyl (C=O) groups excluding carboxylic acids is 5. The molecule has 0 aliphatic carbocycles. The number of hydrazine groups is 1. The molecule has 1 aliphatic rings. The van der Waals surface area contributed by atoms with Crippen molar-refractivity contribution < 1.29 is 28.7 Å². The van der Waals surface area contributed by atoms with Crippen LogP contribution in [0.1, 0.15) is 34.1 Å². The molecule has 0 radical (unpaired) electrons. The maximum atomic E-state index is 12.3. The molecule has 9 nitrogen and oxygen atoms in total. The first kappa shape index (κ1) is 23.1. The van der Waals surface area contributed by atoms with Crippen LogP contribution in [0.15, 0.2) is 53.0 Å². The van der Waals surface area contributed by atoms with Crippen molar-refractivity contribution in [2.24, 2.45) is 5.92 Å². The molecule has 1 saturated heterocycles. The van der Waals surface area contributed by atoms with Crippen molar-refractivity contribution in [1.29, 1.82) is 0 Å². The van der Waals surface area contributed by atoms with Gasteiger partial charge in [-0.2, -0.15) is 0 Å². The van der Waals surface area contributed by atoms with E-state index in [4.69, 9.17) is 4.74 Å². The average Bonchev–Trinajstić information content (AvgIpc) is 3.13. The molecule has 0 unspecified atom stereocenters. The molecule has 0 spiro atoms. The van der Waals surface area contributed by atoms with E-state index in [-0.39, 0.29) is 18.7 Å². The van der Waals surface area contributed by atoms with Crippen LogP contribution < -0.4 is 10.7 Å². The predicted molar refractivity (Wildman–Crippen MR) is 117 cm³/mol. The minimum absolute atomic E-state index is 0.0476. The number of nitrogens with zero attached hydrogens (tertiary/aromatic N) is 1. The van der Waals surface area contributed by atoms with Gasteiger partial charge in [-0.15, -0.1) is 0 Å². The summed E-state index contributed by atoms with van der Waals surface area (Å²) in [4.78, 5) is 60.0. The van der Waals surface area contributed by atoms with Gasteiger partial charge in [0.15, 0.2) is 12.4 Å². The summed E-state index contributed by atoms with van der Waals surface area (Å²) in [5.41, 5.74) is 3.80. The summed E-state index contributed by atoms with van der Waals surface area (Å²) >= 11 is 3.28. The maximum Gasteiger partial charge on any atom is 0.311 e. The SMILES string of the molecule is CC(=O)c1ccc(NC(=O)COC(=O)[C@H]2CC(=O)N(NC(=O)c3ccc(Br)cc3)C2)cc1. The number of amides is 3. The molecule has 1 heterocycles. The number of nitrogens with one attached hydrogen (secondary N) is 2. The van der Waals surface area contributed by atoms with Crippen molar-refractivity contribution in [2.45, 2.75) is 13.3 Å². The summed E-state index contributed by atoms with van der Waals surface area (Å²) in [5, 5.41) is 3.63. The fraction of sp³-hybridized carbons (Fsp3) is 0.227. The average molecular weight is 502 g/mol. The molecule has 0 bridgehead atoms. The highest BCUT2D eigenvalue weighted by molar-refractivity contribution is 9.10. The van der Waals surface area contributed by atoms with Gasteiger partial charge in [0.2, 0.25) is 5.91 Å². The number of ketones is 1. The lowest BCUT2D eigenvalue weighted by atomic mass is 10.1. The van der Waals surface area contributed by atoms with Crippen LogP contribution in [-0.4, -0.2) is 47.6 Å². The van der Waals surface area contributed by atoms with Crippen LogP contribution in [0.25, 0.3) is 0 Å². The van der Waals surface area contributed by atoms with Gasteiger partial charge in [-0.1, -0.05) is 15.9 Å². The molecular formula is C22H20BrN3O6. The molecule has 1 fully saturated rings. The van der Waals surface area contributed by atoms with E-state index in [1.54, 1.807) is 48.5 Å². The Morgan fingerprint density at radius 2 is 1.66 bits per heavy atom. The van der Waals surface area contributed by atoms with Crippen LogP contribution in [0, 0.1) is 5.92 Å². The monoisotopic (exact) mass is 501 g/mol. The van der Waals surface area contributed by atoms with E-state index in [2.05, 4.69) is 26.7 Å². The number of benzene rings is 2. The molecule has 0 saturated carbocycles. The Balaban J connectivity index is 1.46. The van der Waals surface area contributed by atoms with Gasteiger partial charge in [-0.25, -0.2) is 0 Å². The van der Waals surface area contributed by atoms with Crippen LogP contribution in [-0.2, 0) is 19.1 Å². The Morgan fingerprint density at radius 1 is 1.03 bits per heavy atom. The lowest BCUT2D eigenvalue weighted by molar-refractivity contribution is -0.151. The summed E-state index contributed by atoms with van der Waals surface area (Å²) in [6.45, 7) is 0.867. The third-order valence-corrected chi connectivity index (χ3v) is 5.25. The van der Waals surface area contributed by atoms with Gasteiger partial charge in [-0.05, 0) is 55.5 Å². The molecule has 2 aromatic carbocycles. The molecule has 2 N–H and O–H groups in total. The number of rotatable bonds is 7. The number of esters is 1. The van der Waals surface area contributed by atoms with E-state index in [1.807, 2.05) is 0 Å². The summed E-state index contributed by atoms with van der Waals surface area (Å²) < 4.78 is 5.83. The standard InChI is InChI=1S/C22H20BrN3O6/c1-13(27)14-4-8-18(9-5-14)24-19(28)12-32-22(31)16-10-20(29)26(11-16)25-21(30)15-2-6-17(23)7-3-15/h2-9,16H,10-12H2,1H3,(H,24,28)(H,25,30)/t16-/m0/s1. The fourth-order valence-corrected chi connectivity index (χ4v) is 3.27. The van der Waals surface area contributed by atoms with Crippen molar-refractivity contribution >= 4 is 51.1 Å². The largest absolute Gasteiger partial charge is 0.455 e. The number of hydrogen-bond donors (Lipinski definition) is 2. The van der Waals surface area contributed by atoms with Gasteiger partial charge in [0.1, 0.15) is 0 Å². The number of halogens is 1. The summed E-state index contributed by atoms with van der Waals surface area (Å²) in [5.74, 6) is -3.05. The third-order valence-electron chi connectivity index (χ3n) is 4.72. The second-order valence-electron chi connectivity index (χ2n) is 7.14. The van der Waals surface area contributed by atoms with E-state index < -0.39 is 36.2 Å². The number of carbonyl (C=O) groups is 5. The molecule has 166 valence electrons. The van der Waals surface area contributed by atoms with E-state index in [0.29, 0.717) is 16.8 Å². The summed E-state index contributed by atoms with van der Waals surface area (Å²) in [6, 6.07) is 12.9. The fourth-order valence-electron chi connectivity index (χ4n) is 3.00. The number of hydrogen-bond acceptors (Lipinski definition) is 6. The topological polar surface area (TPSA) is 122 Å². The maximum absolute atomic E-state index is 12.3. The second kappa shape index (κ2) is 10.2. The Morgan fingerprint density at radius 3 is 2.28 bits per heavy atom. The number of ether oxygens (including phenoxy) is 1. The van der Waals surface area contributed by atoms with Gasteiger partial charge in [0, 0.05) is 27.7 Å². The molecule has 2 aromatic rings. The Hall–Kier alpha value is -3.53. The first-order chi connectivity index (χ1) is 15.2. The first-order valence-electron chi connectivity index (χ1n) is 9.67. The second-order valence-corrected chi connectivity index (χ2v) is 8.06. The first-order valence-corrected chi connectivity index (χ1v) is 10.5. The quantitative estimate of drug-likeness (QED) is 0.443. The molecule has 1 aliphatic heterocycles. The van der Waals surface area contributed by atoms with Crippen molar-refractivity contribution in [2.75, 3.05) is 18.5 Å². The van der Waals surface area contributed by atoms with Gasteiger partial charge in [0.05, 0.1) is 12.5 Å². The number of anilines is 1. The van der Waals surface area contributed by atoms with Crippen LogP contribution in [0.3, 0.4) is 0 Å². The normalized spacial score (nSPS) is 15.2. The highest BCUT2D eigenvalue weighted by Gasteiger charge is 2.36. The summed E-state index contributed by atoms with van der Waals surface area (Å²) in [7, 11) is 0. The van der Waals surface area contributed by atoms with Crippen molar-refractivity contribution in [3.05, 3.63) is 64.1 Å². The minimum atomic E-state index is -0.796. The molecule has 0 aromatic heterocycles. The highest BCUT2D eigenvalue weighted by Crippen LogP contribution is 2.18.